The van der Waals surface area contributed by atoms with Crippen molar-refractivity contribution in [3.05, 3.63) is 41.5 Å². The van der Waals surface area contributed by atoms with Crippen LogP contribution in [0.3, 0.4) is 0 Å². The van der Waals surface area contributed by atoms with Crippen LogP contribution in [0.4, 0.5) is 17.6 Å². The van der Waals surface area contributed by atoms with Crippen molar-refractivity contribution in [2.75, 3.05) is 28.2 Å². The van der Waals surface area contributed by atoms with Crippen LogP contribution in [0.2, 0.25) is 0 Å². The zero-order valence-corrected chi connectivity index (χ0v) is 19.0. The van der Waals surface area contributed by atoms with Gasteiger partial charge >= 0.3 is 0 Å². The molecule has 0 atom stereocenters. The molecular formula is C24H32N6S. The van der Waals surface area contributed by atoms with Gasteiger partial charge in [0.05, 0.1) is 0 Å². The van der Waals surface area contributed by atoms with Crippen LogP contribution in [0.1, 0.15) is 62.5 Å². The van der Waals surface area contributed by atoms with Crippen LogP contribution < -0.4 is 20.4 Å². The minimum Gasteiger partial charge on any atom is -0.360 e. The molecule has 3 aliphatic rings. The lowest BCUT2D eigenvalue weighted by atomic mass is 9.96. The number of rotatable bonds is 4. The molecule has 5 rings (SSSR count). The maximum Gasteiger partial charge on any atom is 0.232 e. The first-order valence-electron chi connectivity index (χ1n) is 11.8. The van der Waals surface area contributed by atoms with Gasteiger partial charge in [0.2, 0.25) is 5.95 Å². The van der Waals surface area contributed by atoms with Gasteiger partial charge in [-0.05, 0) is 55.4 Å². The predicted octanol–water partition coefficient (Wildman–Crippen LogP) is 4.61. The van der Waals surface area contributed by atoms with E-state index in [1.807, 2.05) is 0 Å². The quantitative estimate of drug-likeness (QED) is 0.679. The highest BCUT2D eigenvalue weighted by Crippen LogP contribution is 2.30. The lowest BCUT2D eigenvalue weighted by Gasteiger charge is -2.29. The largest absolute Gasteiger partial charge is 0.360 e. The zero-order valence-electron chi connectivity index (χ0n) is 18.1. The van der Waals surface area contributed by atoms with E-state index in [2.05, 4.69) is 50.8 Å². The molecule has 0 unspecified atom stereocenters. The number of thiocarbonyl (C=S) groups is 1. The molecule has 2 fully saturated rings. The van der Waals surface area contributed by atoms with Crippen molar-refractivity contribution in [3.63, 3.8) is 0 Å². The van der Waals surface area contributed by atoms with Crippen LogP contribution in [0.5, 0.6) is 0 Å². The molecule has 1 saturated heterocycles. The Balaban J connectivity index is 1.36. The SMILES string of the molecule is S=C(Nc1nc(N2CCCCC2)cc(N2Cc3ccccc3C2)n1)NC1CCCCC1. The molecule has 31 heavy (non-hydrogen) atoms. The van der Waals surface area contributed by atoms with Crippen molar-refractivity contribution in [1.82, 2.24) is 15.3 Å². The lowest BCUT2D eigenvalue weighted by Crippen LogP contribution is -2.39. The fourth-order valence-electron chi connectivity index (χ4n) is 4.99. The van der Waals surface area contributed by atoms with E-state index in [1.165, 1.54) is 62.5 Å². The Morgan fingerprint density at radius 2 is 1.45 bits per heavy atom. The molecule has 0 spiro atoms. The first-order valence-corrected chi connectivity index (χ1v) is 12.2. The number of hydrogen-bond acceptors (Lipinski definition) is 5. The molecule has 0 radical (unpaired) electrons. The van der Waals surface area contributed by atoms with Crippen molar-refractivity contribution in [2.45, 2.75) is 70.5 Å². The first kappa shape index (κ1) is 20.5. The Labute approximate surface area is 190 Å². The summed E-state index contributed by atoms with van der Waals surface area (Å²) in [5.74, 6) is 2.57. The minimum atomic E-state index is 0.464. The molecular weight excluding hydrogens is 404 g/mol. The molecule has 1 aromatic carbocycles. The molecule has 2 N–H and O–H groups in total. The van der Waals surface area contributed by atoms with Gasteiger partial charge in [-0.3, -0.25) is 0 Å². The van der Waals surface area contributed by atoms with E-state index >= 15 is 0 Å². The summed E-state index contributed by atoms with van der Waals surface area (Å²) < 4.78 is 0. The van der Waals surface area contributed by atoms with Gasteiger partial charge in [-0.25, -0.2) is 0 Å². The highest BCUT2D eigenvalue weighted by atomic mass is 32.1. The summed E-state index contributed by atoms with van der Waals surface area (Å²) in [4.78, 5) is 14.5. The summed E-state index contributed by atoms with van der Waals surface area (Å²) in [7, 11) is 0. The van der Waals surface area contributed by atoms with Gasteiger partial charge in [0, 0.05) is 38.3 Å². The fourth-order valence-corrected chi connectivity index (χ4v) is 5.25. The Bertz CT molecular complexity index is 895. The lowest BCUT2D eigenvalue weighted by molar-refractivity contribution is 0.414. The van der Waals surface area contributed by atoms with Crippen molar-refractivity contribution in [3.8, 4) is 0 Å². The third-order valence-corrected chi connectivity index (χ3v) is 6.93. The number of benzene rings is 1. The first-order chi connectivity index (χ1) is 15.2. The number of nitrogens with one attached hydrogen (secondary N) is 2. The standard InChI is InChI=1S/C24H32N6S/c31-24(25-20-11-3-1-4-12-20)28-23-26-21(29-13-7-2-8-14-29)15-22(27-23)30-16-18-9-5-6-10-19(18)17-30/h5-6,9-10,15,20H,1-4,7-8,11-14,16-17H2,(H2,25,26,27,28,31). The Morgan fingerprint density at radius 1 is 0.839 bits per heavy atom. The Morgan fingerprint density at radius 3 is 2.13 bits per heavy atom. The number of piperidine rings is 1. The van der Waals surface area contributed by atoms with E-state index < -0.39 is 0 Å². The van der Waals surface area contributed by atoms with E-state index in [9.17, 15) is 0 Å². The highest BCUT2D eigenvalue weighted by molar-refractivity contribution is 7.80. The van der Waals surface area contributed by atoms with Crippen LogP contribution in [-0.4, -0.2) is 34.2 Å². The fraction of sp³-hybridized carbons (Fsp3) is 0.542. The number of hydrogen-bond donors (Lipinski definition) is 2. The average Bonchev–Trinajstić information content (AvgIpc) is 3.24. The predicted molar refractivity (Wildman–Crippen MR) is 131 cm³/mol. The second kappa shape index (κ2) is 9.39. The molecule has 2 aliphatic heterocycles. The van der Waals surface area contributed by atoms with Crippen LogP contribution in [0.15, 0.2) is 30.3 Å². The van der Waals surface area contributed by atoms with Gasteiger partial charge < -0.3 is 20.4 Å². The van der Waals surface area contributed by atoms with Crippen LogP contribution in [-0.2, 0) is 13.1 Å². The van der Waals surface area contributed by atoms with E-state index in [4.69, 9.17) is 22.2 Å². The summed E-state index contributed by atoms with van der Waals surface area (Å²) in [5.41, 5.74) is 2.76. The third kappa shape index (κ3) is 4.92. The van der Waals surface area contributed by atoms with Crippen LogP contribution in [0.25, 0.3) is 0 Å². The van der Waals surface area contributed by atoms with E-state index in [-0.39, 0.29) is 0 Å². The number of aromatic nitrogens is 2. The number of fused-ring (bicyclic) bond motifs is 1. The van der Waals surface area contributed by atoms with Crippen molar-refractivity contribution in [2.24, 2.45) is 0 Å². The smallest absolute Gasteiger partial charge is 0.232 e. The van der Waals surface area contributed by atoms with Crippen LogP contribution >= 0.6 is 12.2 Å². The Hall–Kier alpha value is -2.41. The molecule has 0 amide bonds. The van der Waals surface area contributed by atoms with Crippen molar-refractivity contribution in [1.29, 1.82) is 0 Å². The average molecular weight is 437 g/mol. The molecule has 7 heteroatoms. The normalized spacial score (nSPS) is 19.2. The number of anilines is 3. The van der Waals surface area contributed by atoms with Gasteiger partial charge in [-0.1, -0.05) is 43.5 Å². The zero-order chi connectivity index (χ0) is 21.0. The van der Waals surface area contributed by atoms with Gasteiger partial charge in [-0.15, -0.1) is 0 Å². The topological polar surface area (TPSA) is 56.3 Å². The summed E-state index contributed by atoms with van der Waals surface area (Å²) in [6, 6.07) is 11.3. The molecule has 164 valence electrons. The molecule has 6 nitrogen and oxygen atoms in total. The molecule has 3 heterocycles. The minimum absolute atomic E-state index is 0.464. The number of nitrogens with zero attached hydrogens (tertiary/aromatic N) is 4. The van der Waals surface area contributed by atoms with Crippen LogP contribution in [0, 0.1) is 0 Å². The van der Waals surface area contributed by atoms with Gasteiger partial charge in [-0.2, -0.15) is 9.97 Å². The van der Waals surface area contributed by atoms with Gasteiger partial charge in [0.1, 0.15) is 11.6 Å². The summed E-state index contributed by atoms with van der Waals surface area (Å²) in [6.07, 6.45) is 10.0. The molecule has 1 aliphatic carbocycles. The van der Waals surface area contributed by atoms with E-state index in [0.717, 1.165) is 37.8 Å². The molecule has 1 aromatic heterocycles. The summed E-state index contributed by atoms with van der Waals surface area (Å²) in [6.45, 7) is 3.88. The van der Waals surface area contributed by atoms with E-state index in [1.54, 1.807) is 0 Å². The maximum absolute atomic E-state index is 5.62. The second-order valence-corrected chi connectivity index (χ2v) is 9.42. The van der Waals surface area contributed by atoms with Crippen molar-refractivity contribution >= 4 is 34.9 Å². The molecule has 2 aromatic rings. The Kier molecular flexibility index (Phi) is 6.20. The van der Waals surface area contributed by atoms with Gasteiger partial charge in [0.15, 0.2) is 5.11 Å². The van der Waals surface area contributed by atoms with E-state index in [0.29, 0.717) is 17.1 Å². The van der Waals surface area contributed by atoms with Gasteiger partial charge in [0.25, 0.3) is 0 Å². The summed E-state index contributed by atoms with van der Waals surface area (Å²) in [5, 5.41) is 7.42. The highest BCUT2D eigenvalue weighted by Gasteiger charge is 2.23. The van der Waals surface area contributed by atoms with Crippen molar-refractivity contribution < 1.29 is 0 Å². The second-order valence-electron chi connectivity index (χ2n) is 9.01. The summed E-state index contributed by atoms with van der Waals surface area (Å²) >= 11 is 5.62. The maximum atomic E-state index is 5.62. The monoisotopic (exact) mass is 436 g/mol. The molecule has 1 saturated carbocycles. The third-order valence-electron chi connectivity index (χ3n) is 6.71. The molecule has 0 bridgehead atoms.